The second-order valence-corrected chi connectivity index (χ2v) is 1.60. The molecule has 8 heavy (non-hydrogen) atoms. The number of rotatable bonds is 3. The highest BCUT2D eigenvalue weighted by atomic mass is 16.5. The van der Waals surface area contributed by atoms with E-state index < -0.39 is 5.97 Å². The SMILES string of the molecule is [13CH3][13C](=O)[13CH2][13CH2][13C](=O)O. The molecular weight excluding hydrogens is 113 g/mol. The number of hydrogen-bond donors (Lipinski definition) is 1. The van der Waals surface area contributed by atoms with E-state index >= 15 is 0 Å². The van der Waals surface area contributed by atoms with Crippen LogP contribution in [0.3, 0.4) is 0 Å². The third kappa shape index (κ3) is 5.14. The standard InChI is InChI=1S/C5H8O3/c1-4(6)2-3-5(7)8/h2-3H2,1H3,(H,7,8)/i1+1,2+1,3+1,4+1,5+1. The van der Waals surface area contributed by atoms with Crippen molar-refractivity contribution in [2.24, 2.45) is 0 Å². The van der Waals surface area contributed by atoms with E-state index in [0.717, 1.165) is 0 Å². The van der Waals surface area contributed by atoms with Crippen molar-refractivity contribution < 1.29 is 14.7 Å². The highest BCUT2D eigenvalue weighted by Gasteiger charge is 1.97. The maximum Gasteiger partial charge on any atom is 0.303 e. The molecule has 0 saturated heterocycles. The fraction of sp³-hybridized carbons (Fsp3) is 0.600. The summed E-state index contributed by atoms with van der Waals surface area (Å²) in [5.41, 5.74) is 0. The van der Waals surface area contributed by atoms with E-state index in [-0.39, 0.29) is 18.6 Å². The highest BCUT2D eigenvalue weighted by Crippen LogP contribution is 1.87. The van der Waals surface area contributed by atoms with E-state index in [1.54, 1.807) is 0 Å². The third-order valence-corrected chi connectivity index (χ3v) is 0.691. The van der Waals surface area contributed by atoms with Gasteiger partial charge in [0.15, 0.2) is 0 Å². The minimum atomic E-state index is -0.916. The Kier molecular flexibility index (Phi) is 2.84. The van der Waals surface area contributed by atoms with E-state index in [9.17, 15) is 9.59 Å². The molecule has 3 nitrogen and oxygen atoms in total. The predicted molar refractivity (Wildman–Crippen MR) is 27.6 cm³/mol. The molecule has 0 atom stereocenters. The second kappa shape index (κ2) is 3.18. The van der Waals surface area contributed by atoms with Crippen molar-refractivity contribution >= 4 is 11.8 Å². The van der Waals surface area contributed by atoms with Gasteiger partial charge in [-0.15, -0.1) is 0 Å². The van der Waals surface area contributed by atoms with Crippen LogP contribution in [0.2, 0.25) is 0 Å². The van der Waals surface area contributed by atoms with Gasteiger partial charge in [0.1, 0.15) is 5.78 Å². The lowest BCUT2D eigenvalue weighted by molar-refractivity contribution is -0.138. The van der Waals surface area contributed by atoms with Crippen molar-refractivity contribution in [3.8, 4) is 0 Å². The van der Waals surface area contributed by atoms with Gasteiger partial charge in [-0.25, -0.2) is 0 Å². The van der Waals surface area contributed by atoms with Gasteiger partial charge in [0.05, 0.1) is 6.42 Å². The molecule has 0 heterocycles. The van der Waals surface area contributed by atoms with Gasteiger partial charge in [-0.1, -0.05) is 0 Å². The molecule has 1 N–H and O–H groups in total. The molecule has 0 aromatic heterocycles. The zero-order chi connectivity index (χ0) is 6.57. The molecule has 0 aromatic rings. The molecule has 46 valence electrons. The Morgan fingerprint density at radius 1 is 1.38 bits per heavy atom. The first-order chi connectivity index (χ1) is 3.63. The summed E-state index contributed by atoms with van der Waals surface area (Å²) in [4.78, 5) is 19.8. The van der Waals surface area contributed by atoms with Crippen LogP contribution in [0.5, 0.6) is 0 Å². The molecule has 0 rings (SSSR count). The van der Waals surface area contributed by atoms with Gasteiger partial charge >= 0.3 is 5.97 Å². The lowest BCUT2D eigenvalue weighted by Gasteiger charge is -1.86. The minimum Gasteiger partial charge on any atom is -0.481 e. The van der Waals surface area contributed by atoms with Gasteiger partial charge in [0, 0.05) is 6.42 Å². The first kappa shape index (κ1) is 7.14. The molecule has 0 aliphatic rings. The van der Waals surface area contributed by atoms with Gasteiger partial charge in [-0.05, 0) is 6.92 Å². The Balaban J connectivity index is 3.18. The average Bonchev–Trinajstić information content (AvgIpc) is 1.61. The maximum atomic E-state index is 10.1. The van der Waals surface area contributed by atoms with Crippen molar-refractivity contribution in [2.75, 3.05) is 0 Å². The Labute approximate surface area is 47.3 Å². The van der Waals surface area contributed by atoms with Gasteiger partial charge in [0.25, 0.3) is 0 Å². The van der Waals surface area contributed by atoms with Crippen LogP contribution in [0.15, 0.2) is 0 Å². The monoisotopic (exact) mass is 121 g/mol. The molecule has 3 heteroatoms. The van der Waals surface area contributed by atoms with Crippen molar-refractivity contribution in [2.45, 2.75) is 19.8 Å². The topological polar surface area (TPSA) is 54.4 Å². The summed E-state index contributed by atoms with van der Waals surface area (Å²) in [6, 6.07) is 0. The second-order valence-electron chi connectivity index (χ2n) is 1.60. The van der Waals surface area contributed by atoms with E-state index in [0.29, 0.717) is 0 Å². The van der Waals surface area contributed by atoms with Crippen molar-refractivity contribution in [3.05, 3.63) is 0 Å². The number of ketones is 1. The summed E-state index contributed by atoms with van der Waals surface area (Å²) in [6.07, 6.45) is 0.102. The molecule has 0 unspecified atom stereocenters. The van der Waals surface area contributed by atoms with Gasteiger partial charge < -0.3 is 9.90 Å². The molecule has 0 spiro atoms. The lowest BCUT2D eigenvalue weighted by Crippen LogP contribution is -1.98. The number of hydrogen-bond acceptors (Lipinski definition) is 2. The zero-order valence-electron chi connectivity index (χ0n) is 4.68. The van der Waals surface area contributed by atoms with Gasteiger partial charge in [0.2, 0.25) is 0 Å². The number of carbonyl (C=O) groups is 2. The number of carboxylic acids is 1. The van der Waals surface area contributed by atoms with Crippen molar-refractivity contribution in [1.82, 2.24) is 0 Å². The van der Waals surface area contributed by atoms with Crippen LogP contribution in [-0.2, 0) is 9.59 Å². The fourth-order valence-corrected chi connectivity index (χ4v) is 0.283. The quantitative estimate of drug-likeness (QED) is 0.551. The van der Waals surface area contributed by atoms with Crippen molar-refractivity contribution in [3.63, 3.8) is 0 Å². The van der Waals surface area contributed by atoms with E-state index in [1.165, 1.54) is 6.92 Å². The molecule has 0 amide bonds. The first-order valence-electron chi connectivity index (χ1n) is 2.34. The molecule has 0 bridgehead atoms. The Hall–Kier alpha value is -0.860. The number of aliphatic carboxylic acids is 1. The van der Waals surface area contributed by atoms with Gasteiger partial charge in [-0.2, -0.15) is 0 Å². The largest absolute Gasteiger partial charge is 0.481 e. The maximum absolute atomic E-state index is 10.1. The molecule has 0 fully saturated rings. The molecule has 0 saturated carbocycles. The molecule has 0 aromatic carbocycles. The van der Waals surface area contributed by atoms with Crippen molar-refractivity contribution in [1.29, 1.82) is 0 Å². The number of Topliss-reactive ketones (excluding diaryl/α,β-unsaturated/α-hetero) is 1. The van der Waals surface area contributed by atoms with Crippen LogP contribution in [0.1, 0.15) is 19.8 Å². The third-order valence-electron chi connectivity index (χ3n) is 0.691. The summed E-state index contributed by atoms with van der Waals surface area (Å²) >= 11 is 0. The molecule has 0 aliphatic carbocycles. The first-order valence-corrected chi connectivity index (χ1v) is 2.34. The molecule has 0 aliphatic heterocycles. The smallest absolute Gasteiger partial charge is 0.303 e. The summed E-state index contributed by atoms with van der Waals surface area (Å²) < 4.78 is 0. The Morgan fingerprint density at radius 2 is 1.88 bits per heavy atom. The van der Waals surface area contributed by atoms with Gasteiger partial charge in [-0.3, -0.25) is 4.79 Å². The van der Waals surface area contributed by atoms with E-state index in [2.05, 4.69) is 0 Å². The lowest BCUT2D eigenvalue weighted by atomic mass is 11.2. The summed E-state index contributed by atoms with van der Waals surface area (Å²) in [6.45, 7) is 1.38. The van der Waals surface area contributed by atoms with Crippen LogP contribution in [0.25, 0.3) is 0 Å². The summed E-state index contributed by atoms with van der Waals surface area (Å²) in [5.74, 6) is -0.993. The number of carbonyl (C=O) groups excluding carboxylic acids is 1. The fourth-order valence-electron chi connectivity index (χ4n) is 0.283. The highest BCUT2D eigenvalue weighted by molar-refractivity contribution is 5.80. The zero-order valence-corrected chi connectivity index (χ0v) is 4.68. The molecule has 0 radical (unpaired) electrons. The van der Waals surface area contributed by atoms with Crippen LogP contribution < -0.4 is 0 Å². The Morgan fingerprint density at radius 3 is 2.00 bits per heavy atom. The van der Waals surface area contributed by atoms with E-state index in [1.807, 2.05) is 0 Å². The summed E-state index contributed by atoms with van der Waals surface area (Å²) in [5, 5.41) is 8.01. The van der Waals surface area contributed by atoms with Crippen LogP contribution >= 0.6 is 0 Å². The predicted octanol–water partition coefficient (Wildman–Crippen LogP) is 0.440. The Bertz CT molecular complexity index is 92.2. The van der Waals surface area contributed by atoms with Crippen LogP contribution in [-0.4, -0.2) is 16.9 Å². The van der Waals surface area contributed by atoms with Crippen LogP contribution in [0, 0.1) is 0 Å². The normalized spacial score (nSPS) is 8.62. The van der Waals surface area contributed by atoms with Crippen LogP contribution in [0.4, 0.5) is 0 Å². The average molecular weight is 121 g/mol. The minimum absolute atomic E-state index is 0.0463. The number of carboxylic acid groups (broad SMARTS) is 1. The summed E-state index contributed by atoms with van der Waals surface area (Å²) in [7, 11) is 0. The van der Waals surface area contributed by atoms with E-state index in [4.69, 9.17) is 5.11 Å². The molecular formula is C5H8O3.